The summed E-state index contributed by atoms with van der Waals surface area (Å²) < 4.78 is 2.47. The summed E-state index contributed by atoms with van der Waals surface area (Å²) in [7, 11) is 0. The largest absolute Gasteiger partial charge is 0.309 e. The number of hydrogen-bond donors (Lipinski definition) is 0. The van der Waals surface area contributed by atoms with Crippen LogP contribution in [0.4, 0.5) is 0 Å². The summed E-state index contributed by atoms with van der Waals surface area (Å²) in [5.41, 5.74) is 22.9. The lowest BCUT2D eigenvalue weighted by molar-refractivity contribution is 0.793. The lowest BCUT2D eigenvalue weighted by Gasteiger charge is -2.30. The molecular weight excluding hydrogens is 771 g/mol. The van der Waals surface area contributed by atoms with Crippen molar-refractivity contribution in [3.63, 3.8) is 0 Å². The molecule has 10 aromatic carbocycles. The zero-order valence-corrected chi connectivity index (χ0v) is 35.3. The molecule has 0 saturated carbocycles. The monoisotopic (exact) mass is 813 g/mol. The van der Waals surface area contributed by atoms with E-state index in [1.54, 1.807) is 0 Å². The van der Waals surface area contributed by atoms with Gasteiger partial charge in [0.2, 0.25) is 0 Å². The lowest BCUT2D eigenvalue weighted by atomic mass is 9.70. The first kappa shape index (κ1) is 36.6. The van der Waals surface area contributed by atoms with Crippen molar-refractivity contribution in [2.24, 2.45) is 0 Å². The first-order valence-electron chi connectivity index (χ1n) is 22.5. The molecule has 2 aliphatic rings. The predicted octanol–water partition coefficient (Wildman–Crippen LogP) is 15.8. The van der Waals surface area contributed by atoms with E-state index in [0.717, 1.165) is 6.42 Å². The Bertz CT molecular complexity index is 3530. The minimum absolute atomic E-state index is 0.282. The highest BCUT2D eigenvalue weighted by molar-refractivity contribution is 6.10. The maximum Gasteiger partial charge on any atom is 0.0725 e. The highest BCUT2D eigenvalue weighted by atomic mass is 15.0. The third-order valence-electron chi connectivity index (χ3n) is 14.2. The maximum absolute atomic E-state index is 2.47. The van der Waals surface area contributed by atoms with Crippen LogP contribution in [0.25, 0.3) is 72.0 Å². The van der Waals surface area contributed by atoms with Crippen molar-refractivity contribution < 1.29 is 0 Å². The molecule has 2 aliphatic carbocycles. The summed E-state index contributed by atoms with van der Waals surface area (Å²) in [5.74, 6) is 0.282. The van der Waals surface area contributed by atoms with E-state index < -0.39 is 0 Å². The van der Waals surface area contributed by atoms with Gasteiger partial charge in [-0.25, -0.2) is 0 Å². The van der Waals surface area contributed by atoms with E-state index in [4.69, 9.17) is 0 Å². The van der Waals surface area contributed by atoms with Crippen molar-refractivity contribution in [3.8, 4) is 50.2 Å². The molecule has 1 aromatic heterocycles. The number of rotatable bonds is 7. The molecule has 1 nitrogen and oxygen atoms in total. The Morgan fingerprint density at radius 1 is 0.328 bits per heavy atom. The molecular formula is C63H43N. The molecule has 0 radical (unpaired) electrons. The van der Waals surface area contributed by atoms with Gasteiger partial charge in [-0.15, -0.1) is 0 Å². The molecule has 1 atom stereocenters. The van der Waals surface area contributed by atoms with E-state index >= 15 is 0 Å². The number of benzene rings is 10. The Morgan fingerprint density at radius 3 is 1.55 bits per heavy atom. The minimum Gasteiger partial charge on any atom is -0.309 e. The second-order valence-electron chi connectivity index (χ2n) is 17.6. The van der Waals surface area contributed by atoms with Crippen LogP contribution < -0.4 is 0 Å². The van der Waals surface area contributed by atoms with Gasteiger partial charge in [0, 0.05) is 22.4 Å². The summed E-state index contributed by atoms with van der Waals surface area (Å²) in [4.78, 5) is 0. The van der Waals surface area contributed by atoms with Crippen LogP contribution in [0.2, 0.25) is 0 Å². The van der Waals surface area contributed by atoms with Crippen LogP contribution in [0.3, 0.4) is 0 Å². The predicted molar refractivity (Wildman–Crippen MR) is 266 cm³/mol. The second kappa shape index (κ2) is 14.5. The summed E-state index contributed by atoms with van der Waals surface area (Å²) in [5, 5.41) is 2.51. The molecule has 0 N–H and O–H groups in total. The molecule has 1 spiro atoms. The maximum atomic E-state index is 2.47. The van der Waals surface area contributed by atoms with Crippen molar-refractivity contribution in [1.29, 1.82) is 0 Å². The van der Waals surface area contributed by atoms with Gasteiger partial charge in [-0.3, -0.25) is 0 Å². The normalized spacial score (nSPS) is 13.4. The van der Waals surface area contributed by atoms with E-state index in [9.17, 15) is 0 Å². The van der Waals surface area contributed by atoms with Crippen molar-refractivity contribution >= 4 is 21.8 Å². The Balaban J connectivity index is 0.884. The molecule has 300 valence electrons. The standard InChI is InChI=1S/C63H43N/c1-3-16-42(17-4-1)38-54(44-18-5-2-6-19-44)45-32-30-43(31-33-45)46-20-15-21-47(39-46)48-34-37-62-56(40-48)53-25-10-14-29-61(53)64(62)49-35-36-60-55(41-49)52-24-9-13-28-59(52)63(60)57-26-11-7-22-50(57)51-23-8-12-27-58(51)63/h1-37,39-41,54H,38H2. The van der Waals surface area contributed by atoms with Gasteiger partial charge in [0.05, 0.1) is 16.4 Å². The fraction of sp³-hybridized carbons (Fsp3) is 0.0476. The van der Waals surface area contributed by atoms with Crippen LogP contribution in [0.15, 0.2) is 243 Å². The number of fused-ring (bicyclic) bond motifs is 13. The summed E-state index contributed by atoms with van der Waals surface area (Å²) in [6.45, 7) is 0. The number of aromatic nitrogens is 1. The topological polar surface area (TPSA) is 4.93 Å². The van der Waals surface area contributed by atoms with Gasteiger partial charge in [0.1, 0.15) is 0 Å². The summed E-state index contributed by atoms with van der Waals surface area (Å²) in [6, 6.07) is 90.3. The van der Waals surface area contributed by atoms with Gasteiger partial charge in [-0.05, 0) is 126 Å². The molecule has 1 heteroatoms. The molecule has 1 unspecified atom stereocenters. The Kier molecular flexibility index (Phi) is 8.33. The van der Waals surface area contributed by atoms with Gasteiger partial charge >= 0.3 is 0 Å². The first-order valence-corrected chi connectivity index (χ1v) is 22.5. The third kappa shape index (κ3) is 5.50. The number of para-hydroxylation sites is 1. The average Bonchev–Trinajstić information content (AvgIpc) is 3.98. The van der Waals surface area contributed by atoms with Gasteiger partial charge in [0.15, 0.2) is 0 Å². The van der Waals surface area contributed by atoms with Gasteiger partial charge < -0.3 is 4.57 Å². The molecule has 13 rings (SSSR count). The molecule has 0 saturated heterocycles. The van der Waals surface area contributed by atoms with E-state index in [1.165, 1.54) is 111 Å². The zero-order valence-electron chi connectivity index (χ0n) is 35.3. The van der Waals surface area contributed by atoms with Crippen molar-refractivity contribution in [1.82, 2.24) is 4.57 Å². The Hall–Kier alpha value is -8.00. The smallest absolute Gasteiger partial charge is 0.0725 e. The molecule has 11 aromatic rings. The molecule has 64 heavy (non-hydrogen) atoms. The molecule has 0 fully saturated rings. The van der Waals surface area contributed by atoms with Crippen LogP contribution >= 0.6 is 0 Å². The Morgan fingerprint density at radius 2 is 0.844 bits per heavy atom. The zero-order chi connectivity index (χ0) is 42.2. The number of nitrogens with zero attached hydrogens (tertiary/aromatic N) is 1. The van der Waals surface area contributed by atoms with E-state index in [-0.39, 0.29) is 11.3 Å². The summed E-state index contributed by atoms with van der Waals surface area (Å²) >= 11 is 0. The highest BCUT2D eigenvalue weighted by Gasteiger charge is 2.51. The fourth-order valence-electron chi connectivity index (χ4n) is 11.4. The summed E-state index contributed by atoms with van der Waals surface area (Å²) in [6.07, 6.45) is 0.962. The molecule has 1 heterocycles. The van der Waals surface area contributed by atoms with Crippen molar-refractivity contribution in [3.05, 3.63) is 282 Å². The van der Waals surface area contributed by atoms with Gasteiger partial charge in [-0.1, -0.05) is 206 Å². The quantitative estimate of drug-likeness (QED) is 0.151. The highest BCUT2D eigenvalue weighted by Crippen LogP contribution is 2.63. The van der Waals surface area contributed by atoms with Crippen LogP contribution in [-0.2, 0) is 11.8 Å². The SMILES string of the molecule is c1ccc(CC(c2ccccc2)c2ccc(-c3cccc(-c4ccc5c(c4)c4ccccc4n5-c4ccc5c(c4)-c4ccccc4C54c5ccccc5-c5ccccc54)c3)cc2)cc1. The number of hydrogen-bond acceptors (Lipinski definition) is 0. The second-order valence-corrected chi connectivity index (χ2v) is 17.6. The van der Waals surface area contributed by atoms with E-state index in [0.29, 0.717) is 0 Å². The van der Waals surface area contributed by atoms with Crippen molar-refractivity contribution in [2.75, 3.05) is 0 Å². The van der Waals surface area contributed by atoms with Crippen LogP contribution in [0, 0.1) is 0 Å². The Labute approximate surface area is 374 Å². The lowest BCUT2D eigenvalue weighted by Crippen LogP contribution is -2.25. The minimum atomic E-state index is -0.350. The first-order chi connectivity index (χ1) is 31.7. The van der Waals surface area contributed by atoms with Crippen LogP contribution in [0.5, 0.6) is 0 Å². The molecule has 0 bridgehead atoms. The van der Waals surface area contributed by atoms with Crippen molar-refractivity contribution in [2.45, 2.75) is 17.8 Å². The fourth-order valence-corrected chi connectivity index (χ4v) is 11.4. The average molecular weight is 814 g/mol. The molecule has 0 aliphatic heterocycles. The van der Waals surface area contributed by atoms with E-state index in [1.807, 2.05) is 0 Å². The van der Waals surface area contributed by atoms with Crippen LogP contribution in [-0.4, -0.2) is 4.57 Å². The van der Waals surface area contributed by atoms with Crippen LogP contribution in [0.1, 0.15) is 44.9 Å². The van der Waals surface area contributed by atoms with E-state index in [2.05, 4.69) is 247 Å². The third-order valence-corrected chi connectivity index (χ3v) is 14.2. The van der Waals surface area contributed by atoms with Gasteiger partial charge in [-0.2, -0.15) is 0 Å². The van der Waals surface area contributed by atoms with Gasteiger partial charge in [0.25, 0.3) is 0 Å². The molecule has 0 amide bonds.